The van der Waals surface area contributed by atoms with E-state index in [9.17, 15) is 4.79 Å². The molecule has 0 spiro atoms. The molecule has 0 aliphatic heterocycles. The predicted molar refractivity (Wildman–Crippen MR) is 80.3 cm³/mol. The topological polar surface area (TPSA) is 57.0 Å². The molecule has 1 heterocycles. The summed E-state index contributed by atoms with van der Waals surface area (Å²) in [7, 11) is 0. The molecule has 110 valence electrons. The van der Waals surface area contributed by atoms with Crippen molar-refractivity contribution in [3.8, 4) is 0 Å². The highest BCUT2D eigenvalue weighted by Gasteiger charge is 2.17. The summed E-state index contributed by atoms with van der Waals surface area (Å²) in [6, 6.07) is 6.32. The van der Waals surface area contributed by atoms with Crippen LogP contribution in [0, 0.1) is 20.8 Å². The van der Waals surface area contributed by atoms with Crippen LogP contribution in [-0.4, -0.2) is 27.6 Å². The van der Waals surface area contributed by atoms with Crippen LogP contribution in [0.1, 0.15) is 32.9 Å². The van der Waals surface area contributed by atoms with Crippen molar-refractivity contribution in [2.45, 2.75) is 27.3 Å². The molecule has 5 heteroatoms. The van der Waals surface area contributed by atoms with E-state index in [1.54, 1.807) is 4.68 Å². The summed E-state index contributed by atoms with van der Waals surface area (Å²) in [4.78, 5) is 11.8. The highest BCUT2D eigenvalue weighted by molar-refractivity contribution is 5.88. The standard InChI is InChI=1S/C16H19N3O2/c1-5-6-21-16(20)15-13(4)19(18-17-15)10-14-8-11(2)7-12(3)9-14/h5,7-9H,1,6,10H2,2-4H3. The molecule has 0 aliphatic rings. The van der Waals surface area contributed by atoms with Crippen molar-refractivity contribution in [1.29, 1.82) is 0 Å². The summed E-state index contributed by atoms with van der Waals surface area (Å²) in [5, 5.41) is 7.95. The summed E-state index contributed by atoms with van der Waals surface area (Å²) in [6.45, 7) is 10.2. The van der Waals surface area contributed by atoms with Gasteiger partial charge in [-0.2, -0.15) is 0 Å². The minimum absolute atomic E-state index is 0.169. The van der Waals surface area contributed by atoms with Gasteiger partial charge in [0.15, 0.2) is 5.69 Å². The van der Waals surface area contributed by atoms with Gasteiger partial charge in [0.1, 0.15) is 6.61 Å². The van der Waals surface area contributed by atoms with Crippen LogP contribution >= 0.6 is 0 Å². The quantitative estimate of drug-likeness (QED) is 0.626. The van der Waals surface area contributed by atoms with E-state index in [1.165, 1.54) is 17.2 Å². The molecule has 21 heavy (non-hydrogen) atoms. The predicted octanol–water partition coefficient (Wildman–Crippen LogP) is 2.59. The van der Waals surface area contributed by atoms with Gasteiger partial charge in [-0.05, 0) is 26.3 Å². The number of benzene rings is 1. The van der Waals surface area contributed by atoms with Gasteiger partial charge in [0.25, 0.3) is 0 Å². The third-order valence-electron chi connectivity index (χ3n) is 3.12. The fraction of sp³-hybridized carbons (Fsp3) is 0.312. The van der Waals surface area contributed by atoms with Crippen molar-refractivity contribution in [1.82, 2.24) is 15.0 Å². The summed E-state index contributed by atoms with van der Waals surface area (Å²) in [5.74, 6) is -0.473. The van der Waals surface area contributed by atoms with Gasteiger partial charge >= 0.3 is 5.97 Å². The molecule has 0 saturated carbocycles. The molecule has 2 rings (SSSR count). The van der Waals surface area contributed by atoms with Crippen molar-refractivity contribution in [3.05, 3.63) is 58.9 Å². The molecule has 0 saturated heterocycles. The van der Waals surface area contributed by atoms with Crippen molar-refractivity contribution in [3.63, 3.8) is 0 Å². The van der Waals surface area contributed by atoms with Gasteiger partial charge in [-0.15, -0.1) is 5.10 Å². The number of carbonyl (C=O) groups excluding carboxylic acids is 1. The van der Waals surface area contributed by atoms with Crippen LogP contribution in [0.15, 0.2) is 30.9 Å². The zero-order valence-corrected chi connectivity index (χ0v) is 12.6. The van der Waals surface area contributed by atoms with E-state index in [4.69, 9.17) is 4.74 Å². The van der Waals surface area contributed by atoms with Crippen LogP contribution < -0.4 is 0 Å². The Kier molecular flexibility index (Phi) is 4.52. The van der Waals surface area contributed by atoms with E-state index in [0.29, 0.717) is 12.2 Å². The third-order valence-corrected chi connectivity index (χ3v) is 3.12. The molecule has 0 aliphatic carbocycles. The maximum atomic E-state index is 11.8. The number of ether oxygens (including phenoxy) is 1. The summed E-state index contributed by atoms with van der Waals surface area (Å²) < 4.78 is 6.69. The summed E-state index contributed by atoms with van der Waals surface area (Å²) in [6.07, 6.45) is 1.52. The molecule has 1 aromatic carbocycles. The molecule has 5 nitrogen and oxygen atoms in total. The fourth-order valence-corrected chi connectivity index (χ4v) is 2.24. The second kappa shape index (κ2) is 6.35. The van der Waals surface area contributed by atoms with Gasteiger partial charge in [0, 0.05) is 0 Å². The molecule has 0 amide bonds. The van der Waals surface area contributed by atoms with E-state index < -0.39 is 5.97 Å². The normalized spacial score (nSPS) is 10.4. The Bertz CT molecular complexity index is 654. The molecule has 2 aromatic rings. The van der Waals surface area contributed by atoms with Gasteiger partial charge in [-0.3, -0.25) is 0 Å². The zero-order chi connectivity index (χ0) is 15.4. The first-order valence-corrected chi connectivity index (χ1v) is 6.76. The summed E-state index contributed by atoms with van der Waals surface area (Å²) >= 11 is 0. The Morgan fingerprint density at radius 1 is 1.29 bits per heavy atom. The van der Waals surface area contributed by atoms with E-state index in [-0.39, 0.29) is 12.3 Å². The molecular weight excluding hydrogens is 266 g/mol. The largest absolute Gasteiger partial charge is 0.457 e. The molecule has 0 N–H and O–H groups in total. The number of esters is 1. The average molecular weight is 285 g/mol. The SMILES string of the molecule is C=CCOC(=O)c1nnn(Cc2cc(C)cc(C)c2)c1C. The number of hydrogen-bond donors (Lipinski definition) is 0. The van der Waals surface area contributed by atoms with Gasteiger partial charge in [-0.25, -0.2) is 9.48 Å². The Hall–Kier alpha value is -2.43. The first-order chi connectivity index (χ1) is 10.0. The Morgan fingerprint density at radius 3 is 2.57 bits per heavy atom. The van der Waals surface area contributed by atoms with Crippen LogP contribution in [-0.2, 0) is 11.3 Å². The van der Waals surface area contributed by atoms with E-state index in [0.717, 1.165) is 5.56 Å². The number of hydrogen-bond acceptors (Lipinski definition) is 4. The van der Waals surface area contributed by atoms with Crippen molar-refractivity contribution in [2.75, 3.05) is 6.61 Å². The number of rotatable bonds is 5. The van der Waals surface area contributed by atoms with Crippen LogP contribution in [0.25, 0.3) is 0 Å². The lowest BCUT2D eigenvalue weighted by Crippen LogP contribution is -2.09. The molecular formula is C16H19N3O2. The zero-order valence-electron chi connectivity index (χ0n) is 12.6. The van der Waals surface area contributed by atoms with Crippen molar-refractivity contribution in [2.24, 2.45) is 0 Å². The summed E-state index contributed by atoms with van der Waals surface area (Å²) in [5.41, 5.74) is 4.48. The maximum absolute atomic E-state index is 11.8. The monoisotopic (exact) mass is 285 g/mol. The van der Waals surface area contributed by atoms with Crippen LogP contribution in [0.2, 0.25) is 0 Å². The number of carbonyl (C=O) groups is 1. The highest BCUT2D eigenvalue weighted by atomic mass is 16.5. The smallest absolute Gasteiger partial charge is 0.361 e. The van der Waals surface area contributed by atoms with E-state index in [2.05, 4.69) is 48.9 Å². The van der Waals surface area contributed by atoms with Crippen LogP contribution in [0.3, 0.4) is 0 Å². The van der Waals surface area contributed by atoms with Crippen molar-refractivity contribution < 1.29 is 9.53 Å². The van der Waals surface area contributed by atoms with Gasteiger partial charge in [-0.1, -0.05) is 47.2 Å². The minimum atomic E-state index is -0.473. The second-order valence-electron chi connectivity index (χ2n) is 5.06. The van der Waals surface area contributed by atoms with Crippen molar-refractivity contribution >= 4 is 5.97 Å². The lowest BCUT2D eigenvalue weighted by Gasteiger charge is -2.06. The van der Waals surface area contributed by atoms with E-state index >= 15 is 0 Å². The number of aryl methyl sites for hydroxylation is 2. The molecule has 0 bridgehead atoms. The van der Waals surface area contributed by atoms with Crippen LogP contribution in [0.5, 0.6) is 0 Å². The molecule has 0 unspecified atom stereocenters. The lowest BCUT2D eigenvalue weighted by atomic mass is 10.1. The Labute approximate surface area is 124 Å². The Morgan fingerprint density at radius 2 is 1.95 bits per heavy atom. The molecule has 1 aromatic heterocycles. The van der Waals surface area contributed by atoms with Gasteiger partial charge in [0.05, 0.1) is 12.2 Å². The first kappa shape index (κ1) is 15.0. The van der Waals surface area contributed by atoms with Crippen LogP contribution in [0.4, 0.5) is 0 Å². The Balaban J connectivity index is 2.20. The second-order valence-corrected chi connectivity index (χ2v) is 5.06. The fourth-order valence-electron chi connectivity index (χ4n) is 2.24. The lowest BCUT2D eigenvalue weighted by molar-refractivity contribution is 0.0542. The number of nitrogens with zero attached hydrogens (tertiary/aromatic N) is 3. The maximum Gasteiger partial charge on any atom is 0.361 e. The number of aromatic nitrogens is 3. The highest BCUT2D eigenvalue weighted by Crippen LogP contribution is 2.12. The first-order valence-electron chi connectivity index (χ1n) is 6.76. The van der Waals surface area contributed by atoms with E-state index in [1.807, 2.05) is 6.92 Å². The van der Waals surface area contributed by atoms with Gasteiger partial charge in [0.2, 0.25) is 0 Å². The molecule has 0 fully saturated rings. The molecule has 0 atom stereocenters. The molecule has 0 radical (unpaired) electrons. The van der Waals surface area contributed by atoms with Gasteiger partial charge < -0.3 is 4.74 Å². The third kappa shape index (κ3) is 3.56. The minimum Gasteiger partial charge on any atom is -0.457 e. The average Bonchev–Trinajstić information content (AvgIpc) is 2.76.